The largest absolute Gasteiger partial charge is 0.469 e. The first-order chi connectivity index (χ1) is 10.3. The van der Waals surface area contributed by atoms with Gasteiger partial charge in [0.25, 0.3) is 0 Å². The summed E-state index contributed by atoms with van der Waals surface area (Å²) >= 11 is 0. The van der Waals surface area contributed by atoms with Crippen molar-refractivity contribution in [1.82, 2.24) is 0 Å². The van der Waals surface area contributed by atoms with Crippen LogP contribution in [0.25, 0.3) is 0 Å². The molecule has 2 nitrogen and oxygen atoms in total. The molecule has 0 amide bonds. The number of rotatable bonds is 16. The van der Waals surface area contributed by atoms with Gasteiger partial charge in [-0.25, -0.2) is 0 Å². The molecule has 0 unspecified atom stereocenters. The van der Waals surface area contributed by atoms with Crippen LogP contribution in [-0.4, -0.2) is 24.0 Å². The highest BCUT2D eigenvalue weighted by atomic mass is 28.1. The van der Waals surface area contributed by atoms with E-state index in [0.29, 0.717) is 6.42 Å². The summed E-state index contributed by atoms with van der Waals surface area (Å²) in [5.41, 5.74) is 0. The summed E-state index contributed by atoms with van der Waals surface area (Å²) in [6, 6.07) is 0. The topological polar surface area (TPSA) is 26.3 Å². The summed E-state index contributed by atoms with van der Waals surface area (Å²) in [6.07, 6.45) is 20.9. The average Bonchev–Trinajstić information content (AvgIpc) is 2.50. The van der Waals surface area contributed by atoms with Gasteiger partial charge in [-0.2, -0.15) is 0 Å². The van der Waals surface area contributed by atoms with Crippen molar-refractivity contribution in [2.45, 2.75) is 110 Å². The molecule has 0 heterocycles. The molecule has 0 spiro atoms. The van der Waals surface area contributed by atoms with Crippen LogP contribution in [-0.2, 0) is 9.53 Å². The van der Waals surface area contributed by atoms with Gasteiger partial charge in [0.1, 0.15) is 0 Å². The molecule has 22 heavy (non-hydrogen) atoms. The van der Waals surface area contributed by atoms with Gasteiger partial charge >= 0.3 is 5.97 Å². The number of ether oxygens (including phenoxy) is 1. The summed E-state index contributed by atoms with van der Waals surface area (Å²) in [5, 5.41) is 0. The van der Waals surface area contributed by atoms with Crippen molar-refractivity contribution >= 4 is 16.9 Å². The molecule has 0 fully saturated rings. The molecule has 0 aliphatic rings. The van der Waals surface area contributed by atoms with E-state index in [0.717, 1.165) is 6.42 Å². The maximum atomic E-state index is 10.9. The van der Waals surface area contributed by atoms with Crippen LogP contribution < -0.4 is 0 Å². The molecule has 0 radical (unpaired) electrons. The van der Waals surface area contributed by atoms with Gasteiger partial charge in [0.15, 0.2) is 0 Å². The second-order valence-electron chi connectivity index (χ2n) is 6.28. The van der Waals surface area contributed by atoms with Gasteiger partial charge in [0.2, 0.25) is 0 Å². The van der Waals surface area contributed by atoms with Gasteiger partial charge in [0.05, 0.1) is 7.11 Å². The smallest absolute Gasteiger partial charge is 0.305 e. The maximum absolute atomic E-state index is 10.9. The van der Waals surface area contributed by atoms with Crippen LogP contribution in [0.15, 0.2) is 0 Å². The SMILES string of the molecule is CCCCCCCCCCCCCCCCCC(=O)OC.[SiH4]. The molecule has 134 valence electrons. The molecule has 0 aromatic heterocycles. The number of hydrogen-bond donors (Lipinski definition) is 0. The molecule has 0 N–H and O–H groups in total. The summed E-state index contributed by atoms with van der Waals surface area (Å²) in [7, 11) is 1.47. The Morgan fingerprint density at radius 1 is 0.636 bits per heavy atom. The Morgan fingerprint density at radius 3 is 1.27 bits per heavy atom. The summed E-state index contributed by atoms with van der Waals surface area (Å²) in [6.45, 7) is 2.28. The predicted molar refractivity (Wildman–Crippen MR) is 103 cm³/mol. The van der Waals surface area contributed by atoms with E-state index in [9.17, 15) is 4.79 Å². The van der Waals surface area contributed by atoms with Gasteiger partial charge in [-0.05, 0) is 17.4 Å². The van der Waals surface area contributed by atoms with Crippen molar-refractivity contribution in [3.63, 3.8) is 0 Å². The van der Waals surface area contributed by atoms with E-state index < -0.39 is 0 Å². The van der Waals surface area contributed by atoms with Crippen LogP contribution in [0.2, 0.25) is 0 Å². The Kier molecular flexibility index (Phi) is 22.5. The molecular formula is C19H42O2Si. The van der Waals surface area contributed by atoms with E-state index in [4.69, 9.17) is 0 Å². The molecule has 0 atom stereocenters. The van der Waals surface area contributed by atoms with E-state index >= 15 is 0 Å². The Bertz CT molecular complexity index is 219. The van der Waals surface area contributed by atoms with Gasteiger partial charge < -0.3 is 4.74 Å². The number of esters is 1. The summed E-state index contributed by atoms with van der Waals surface area (Å²) < 4.78 is 4.63. The molecule has 0 aromatic rings. The fourth-order valence-electron chi connectivity index (χ4n) is 2.74. The third-order valence-corrected chi connectivity index (χ3v) is 4.21. The van der Waals surface area contributed by atoms with E-state index in [1.807, 2.05) is 0 Å². The number of carbonyl (C=O) groups excluding carboxylic acids is 1. The lowest BCUT2D eigenvalue weighted by Gasteiger charge is -2.03. The van der Waals surface area contributed by atoms with E-state index in [1.54, 1.807) is 0 Å². The highest BCUT2D eigenvalue weighted by Gasteiger charge is 1.99. The lowest BCUT2D eigenvalue weighted by atomic mass is 10.0. The average molecular weight is 331 g/mol. The molecule has 0 aliphatic heterocycles. The Labute approximate surface area is 143 Å². The lowest BCUT2D eigenvalue weighted by molar-refractivity contribution is -0.140. The van der Waals surface area contributed by atoms with Gasteiger partial charge in [-0.15, -0.1) is 0 Å². The minimum absolute atomic E-state index is 0. The Hall–Kier alpha value is -0.313. The minimum Gasteiger partial charge on any atom is -0.469 e. The first kappa shape index (κ1) is 23.9. The van der Waals surface area contributed by atoms with Gasteiger partial charge in [0, 0.05) is 6.42 Å². The molecule has 3 heteroatoms. The second-order valence-corrected chi connectivity index (χ2v) is 6.28. The van der Waals surface area contributed by atoms with Crippen molar-refractivity contribution in [3.8, 4) is 0 Å². The second kappa shape index (κ2) is 20.7. The third-order valence-electron chi connectivity index (χ3n) is 4.21. The van der Waals surface area contributed by atoms with Crippen LogP contribution in [0.4, 0.5) is 0 Å². The first-order valence-corrected chi connectivity index (χ1v) is 9.38. The quantitative estimate of drug-likeness (QED) is 0.227. The predicted octanol–water partition coefficient (Wildman–Crippen LogP) is 4.97. The summed E-state index contributed by atoms with van der Waals surface area (Å²) in [5.74, 6) is -0.0651. The Balaban J connectivity index is 0. The monoisotopic (exact) mass is 330 g/mol. The van der Waals surface area contributed by atoms with E-state index in [2.05, 4.69) is 11.7 Å². The third kappa shape index (κ3) is 19.7. The molecule has 0 rings (SSSR count). The van der Waals surface area contributed by atoms with E-state index in [-0.39, 0.29) is 16.9 Å². The van der Waals surface area contributed by atoms with Crippen LogP contribution in [0.3, 0.4) is 0 Å². The zero-order valence-electron chi connectivity index (χ0n) is 14.6. The molecule has 0 saturated heterocycles. The highest BCUT2D eigenvalue weighted by Crippen LogP contribution is 2.13. The normalized spacial score (nSPS) is 10.3. The van der Waals surface area contributed by atoms with Crippen molar-refractivity contribution in [2.24, 2.45) is 0 Å². The molecule has 0 aliphatic carbocycles. The summed E-state index contributed by atoms with van der Waals surface area (Å²) in [4.78, 5) is 10.9. The zero-order valence-corrected chi connectivity index (χ0v) is 14.6. The molecular weight excluding hydrogens is 288 g/mol. The van der Waals surface area contributed by atoms with Gasteiger partial charge in [-0.1, -0.05) is 96.8 Å². The fourth-order valence-corrected chi connectivity index (χ4v) is 2.74. The highest BCUT2D eigenvalue weighted by molar-refractivity contribution is 5.75. The lowest BCUT2D eigenvalue weighted by Crippen LogP contribution is -1.99. The van der Waals surface area contributed by atoms with Crippen LogP contribution >= 0.6 is 0 Å². The number of unbranched alkanes of at least 4 members (excludes halogenated alkanes) is 14. The number of methoxy groups -OCH3 is 1. The number of carbonyl (C=O) groups is 1. The van der Waals surface area contributed by atoms with Crippen LogP contribution in [0, 0.1) is 0 Å². The number of hydrogen-bond acceptors (Lipinski definition) is 2. The van der Waals surface area contributed by atoms with Crippen molar-refractivity contribution in [2.75, 3.05) is 7.11 Å². The maximum Gasteiger partial charge on any atom is 0.305 e. The Morgan fingerprint density at radius 2 is 0.955 bits per heavy atom. The van der Waals surface area contributed by atoms with Crippen molar-refractivity contribution in [1.29, 1.82) is 0 Å². The van der Waals surface area contributed by atoms with Crippen molar-refractivity contribution < 1.29 is 9.53 Å². The molecule has 0 saturated carbocycles. The zero-order chi connectivity index (χ0) is 15.6. The first-order valence-electron chi connectivity index (χ1n) is 9.38. The van der Waals surface area contributed by atoms with Crippen LogP contribution in [0.1, 0.15) is 110 Å². The van der Waals surface area contributed by atoms with Gasteiger partial charge in [-0.3, -0.25) is 4.79 Å². The van der Waals surface area contributed by atoms with Crippen molar-refractivity contribution in [3.05, 3.63) is 0 Å². The molecule has 0 aromatic carbocycles. The van der Waals surface area contributed by atoms with E-state index in [1.165, 1.54) is 97.0 Å². The standard InChI is InChI=1S/C19H38O2.H4Si/c1-3-4-5-6-7-8-9-10-11-12-13-14-15-16-17-18-19(20)21-2;/h3-18H2,1-2H3;1H4. The minimum atomic E-state index is -0.0651. The van der Waals surface area contributed by atoms with Crippen LogP contribution in [0.5, 0.6) is 0 Å². The fraction of sp³-hybridized carbons (Fsp3) is 0.947. The molecule has 0 bridgehead atoms.